The van der Waals surface area contributed by atoms with E-state index in [1.54, 1.807) is 0 Å². The fraction of sp³-hybridized carbons (Fsp3) is 0.175. The van der Waals surface area contributed by atoms with Crippen molar-refractivity contribution in [2.24, 2.45) is 0 Å². The molecule has 340 valence electrons. The number of hydrogen-bond acceptors (Lipinski definition) is 4. The fourth-order valence-corrected chi connectivity index (χ4v) is 13.2. The summed E-state index contributed by atoms with van der Waals surface area (Å²) < 4.78 is 14.1. The Morgan fingerprint density at radius 3 is 1.23 bits per heavy atom. The van der Waals surface area contributed by atoms with E-state index < -0.39 is 16.9 Å². The second-order valence-corrected chi connectivity index (χ2v) is 28.5. The van der Waals surface area contributed by atoms with Crippen LogP contribution in [-0.2, 0) is 12.8 Å². The number of furan rings is 2. The molecule has 0 fully saturated rings. The van der Waals surface area contributed by atoms with Crippen molar-refractivity contribution in [1.29, 1.82) is 0 Å². The van der Waals surface area contributed by atoms with Crippen molar-refractivity contribution in [3.63, 3.8) is 0 Å². The Labute approximate surface area is 407 Å². The van der Waals surface area contributed by atoms with Gasteiger partial charge in [0.15, 0.2) is 11.2 Å². The summed E-state index contributed by atoms with van der Waals surface area (Å²) in [6, 6.07) is 63.8. The Morgan fingerprint density at radius 2 is 0.812 bits per heavy atom. The molecule has 2 aromatic heterocycles. The highest BCUT2D eigenvalue weighted by Gasteiger charge is 2.27. The van der Waals surface area contributed by atoms with Gasteiger partial charge in [0, 0.05) is 43.7 Å². The van der Waals surface area contributed by atoms with Crippen LogP contribution in [0.1, 0.15) is 37.8 Å². The highest BCUT2D eigenvalue weighted by molar-refractivity contribution is 6.88. The van der Waals surface area contributed by atoms with Crippen LogP contribution < -0.4 is 20.2 Å². The Morgan fingerprint density at radius 1 is 0.406 bits per heavy atom. The summed E-state index contributed by atoms with van der Waals surface area (Å²) in [4.78, 5) is 4.90. The smallest absolute Gasteiger partial charge is 0.159 e. The summed E-state index contributed by atoms with van der Waals surface area (Å²) in [5.74, 6) is 0. The van der Waals surface area contributed by atoms with Crippen molar-refractivity contribution in [3.05, 3.63) is 181 Å². The van der Waals surface area contributed by atoms with Crippen LogP contribution in [0.3, 0.4) is 0 Å². The van der Waals surface area contributed by atoms with Crippen LogP contribution in [0.4, 0.5) is 34.1 Å². The number of hydrogen-bond donors (Lipinski definition) is 0. The highest BCUT2D eigenvalue weighted by atomic mass is 28.3. The lowest BCUT2D eigenvalue weighted by Gasteiger charge is -2.29. The van der Waals surface area contributed by atoms with Gasteiger partial charge in [0.2, 0.25) is 0 Å². The molecule has 0 radical (unpaired) electrons. The van der Waals surface area contributed by atoms with Gasteiger partial charge in [-0.3, -0.25) is 0 Å². The third-order valence-electron chi connectivity index (χ3n) is 14.6. The first-order chi connectivity index (χ1) is 33.6. The largest absolute Gasteiger partial charge is 0.454 e. The zero-order valence-corrected chi connectivity index (χ0v) is 42.9. The minimum Gasteiger partial charge on any atom is -0.454 e. The van der Waals surface area contributed by atoms with E-state index in [2.05, 4.69) is 226 Å². The van der Waals surface area contributed by atoms with Crippen LogP contribution in [0.25, 0.3) is 76.2 Å². The van der Waals surface area contributed by atoms with Crippen LogP contribution in [0.15, 0.2) is 179 Å². The molecule has 2 heterocycles. The van der Waals surface area contributed by atoms with Crippen LogP contribution >= 0.6 is 0 Å². The molecule has 0 aliphatic carbocycles. The summed E-state index contributed by atoms with van der Waals surface area (Å²) in [7, 11) is -2.59. The summed E-state index contributed by atoms with van der Waals surface area (Å²) in [5.41, 5.74) is 12.8. The zero-order valence-electron chi connectivity index (χ0n) is 40.8. The SMILES string of the molecule is CCCc1cccc2c1oc1c(N(c3ccc([SiH](C)C)cc3)c3ccc4ccc5c(N(c6ccc([Si](C)(C)C)cc6)c6cccc7c6oc6c(CCC)cccc67)ccc6ccc3c4c65)cccc12. The summed E-state index contributed by atoms with van der Waals surface area (Å²) in [6.07, 6.45) is 4.06. The van der Waals surface area contributed by atoms with Gasteiger partial charge in [-0.15, -0.1) is 0 Å². The predicted octanol–water partition coefficient (Wildman–Crippen LogP) is 17.5. The molecule has 0 unspecified atom stereocenters. The fourth-order valence-electron chi connectivity index (χ4n) is 11.1. The van der Waals surface area contributed by atoms with E-state index in [9.17, 15) is 0 Å². The van der Waals surface area contributed by atoms with Crippen LogP contribution in [0.5, 0.6) is 0 Å². The molecule has 0 spiro atoms. The molecule has 0 aliphatic rings. The Bertz CT molecular complexity index is 3890. The van der Waals surface area contributed by atoms with Gasteiger partial charge >= 0.3 is 0 Å². The van der Waals surface area contributed by atoms with Crippen molar-refractivity contribution < 1.29 is 8.83 Å². The molecule has 0 aliphatic heterocycles. The van der Waals surface area contributed by atoms with E-state index in [0.717, 1.165) is 92.9 Å². The van der Waals surface area contributed by atoms with E-state index >= 15 is 0 Å². The molecule has 0 amide bonds. The van der Waals surface area contributed by atoms with E-state index in [1.165, 1.54) is 64.6 Å². The van der Waals surface area contributed by atoms with Crippen molar-refractivity contribution in [2.45, 2.75) is 72.3 Å². The predicted molar refractivity (Wildman–Crippen MR) is 304 cm³/mol. The summed E-state index contributed by atoms with van der Waals surface area (Å²) in [5, 5.41) is 14.8. The van der Waals surface area contributed by atoms with Crippen molar-refractivity contribution in [1.82, 2.24) is 0 Å². The number of benzene rings is 10. The van der Waals surface area contributed by atoms with Crippen molar-refractivity contribution in [3.8, 4) is 0 Å². The average Bonchev–Trinajstić information content (AvgIpc) is 3.95. The maximum atomic E-state index is 7.06. The van der Waals surface area contributed by atoms with E-state index in [0.29, 0.717) is 0 Å². The Balaban J connectivity index is 1.11. The lowest BCUT2D eigenvalue weighted by atomic mass is 9.91. The van der Waals surface area contributed by atoms with Gasteiger partial charge in [-0.05, 0) is 94.0 Å². The van der Waals surface area contributed by atoms with Gasteiger partial charge in [-0.1, -0.05) is 191 Å². The van der Waals surface area contributed by atoms with Crippen LogP contribution in [-0.4, -0.2) is 16.9 Å². The molecule has 4 nitrogen and oxygen atoms in total. The lowest BCUT2D eigenvalue weighted by Crippen LogP contribution is -2.37. The standard InChI is InChI=1S/C63H58N2O2Si2/c1-8-14-42-16-10-18-48-50-20-12-22-56(62(50)66-60(42)48)64(44-28-32-46(33-29-44)68(3)4)54-38-26-40-25-37-53-55(39-27-41-24-36-52(54)58(40)59(41)53)65(45-30-34-47(35-31-45)69(5,6)7)57-23-13-21-51-49-19-11-17-43(15-9-2)61(49)67-63(51)57/h10-13,16-39,68H,8-9,14-15H2,1-7H3. The minimum atomic E-state index is -1.57. The number of nitrogens with zero attached hydrogens (tertiary/aromatic N) is 2. The first kappa shape index (κ1) is 43.2. The maximum absolute atomic E-state index is 7.06. The normalized spacial score (nSPS) is 12.3. The molecule has 0 N–H and O–H groups in total. The van der Waals surface area contributed by atoms with Crippen molar-refractivity contribution in [2.75, 3.05) is 9.80 Å². The first-order valence-corrected chi connectivity index (χ1v) is 31.4. The van der Waals surface area contributed by atoms with Gasteiger partial charge in [-0.25, -0.2) is 0 Å². The van der Waals surface area contributed by atoms with Crippen molar-refractivity contribution >= 4 is 138 Å². The maximum Gasteiger partial charge on any atom is 0.159 e. The molecule has 10 aromatic carbocycles. The second-order valence-electron chi connectivity index (χ2n) is 20.4. The number of anilines is 6. The first-order valence-electron chi connectivity index (χ1n) is 25.0. The number of fused-ring (bicyclic) bond motifs is 6. The summed E-state index contributed by atoms with van der Waals surface area (Å²) in [6.45, 7) is 16.5. The summed E-state index contributed by atoms with van der Waals surface area (Å²) >= 11 is 0. The van der Waals surface area contributed by atoms with Gasteiger partial charge < -0.3 is 18.6 Å². The second kappa shape index (κ2) is 16.8. The van der Waals surface area contributed by atoms with E-state index in [1.807, 2.05) is 0 Å². The number of para-hydroxylation sites is 4. The molecule has 12 aromatic rings. The quantitative estimate of drug-likeness (QED) is 0.0903. The molecule has 0 saturated carbocycles. The molecular weight excluding hydrogens is 873 g/mol. The van der Waals surface area contributed by atoms with Gasteiger partial charge in [0.05, 0.1) is 39.6 Å². The number of rotatable bonds is 12. The molecule has 0 bridgehead atoms. The average molecular weight is 931 g/mol. The molecule has 0 atom stereocenters. The Kier molecular flexibility index (Phi) is 10.5. The topological polar surface area (TPSA) is 32.8 Å². The van der Waals surface area contributed by atoms with E-state index in [-0.39, 0.29) is 0 Å². The van der Waals surface area contributed by atoms with Crippen LogP contribution in [0, 0.1) is 0 Å². The third kappa shape index (κ3) is 7.06. The lowest BCUT2D eigenvalue weighted by molar-refractivity contribution is 0.661. The van der Waals surface area contributed by atoms with Crippen LogP contribution in [0.2, 0.25) is 32.7 Å². The monoisotopic (exact) mass is 930 g/mol. The zero-order chi connectivity index (χ0) is 47.1. The third-order valence-corrected chi connectivity index (χ3v) is 18.4. The van der Waals surface area contributed by atoms with Gasteiger partial charge in [0.1, 0.15) is 11.2 Å². The number of aryl methyl sites for hydroxylation is 2. The molecular formula is C63H58N2O2Si2. The molecule has 0 saturated heterocycles. The molecule has 12 rings (SSSR count). The molecule has 69 heavy (non-hydrogen) atoms. The Hall–Kier alpha value is -7.13. The minimum absolute atomic E-state index is 0.904. The highest BCUT2D eigenvalue weighted by Crippen LogP contribution is 2.50. The van der Waals surface area contributed by atoms with E-state index in [4.69, 9.17) is 8.83 Å². The van der Waals surface area contributed by atoms with Gasteiger partial charge in [-0.2, -0.15) is 0 Å². The molecule has 6 heteroatoms. The van der Waals surface area contributed by atoms with Gasteiger partial charge in [0.25, 0.3) is 0 Å².